The number of aromatic nitrogens is 2. The van der Waals surface area contributed by atoms with Gasteiger partial charge in [-0.1, -0.05) is 6.07 Å². The van der Waals surface area contributed by atoms with E-state index in [9.17, 15) is 5.11 Å². The Morgan fingerprint density at radius 3 is 3.10 bits per heavy atom. The summed E-state index contributed by atoms with van der Waals surface area (Å²) < 4.78 is 5.66. The molecule has 0 saturated carbocycles. The summed E-state index contributed by atoms with van der Waals surface area (Å²) in [4.78, 5) is 11.3. The average Bonchev–Trinajstić information content (AvgIpc) is 2.96. The Kier molecular flexibility index (Phi) is 4.60. The van der Waals surface area contributed by atoms with Gasteiger partial charge in [0, 0.05) is 31.2 Å². The van der Waals surface area contributed by atoms with Gasteiger partial charge in [-0.2, -0.15) is 0 Å². The molecule has 21 heavy (non-hydrogen) atoms. The van der Waals surface area contributed by atoms with Crippen LogP contribution in [0.5, 0.6) is 0 Å². The third-order valence-electron chi connectivity index (χ3n) is 3.43. The highest BCUT2D eigenvalue weighted by Gasteiger charge is 2.25. The van der Waals surface area contributed by atoms with E-state index in [4.69, 9.17) is 4.74 Å². The summed E-state index contributed by atoms with van der Waals surface area (Å²) in [5, 5.41) is 12.3. The summed E-state index contributed by atoms with van der Waals surface area (Å²) in [7, 11) is 0. The molecule has 3 heterocycles. The Balaban J connectivity index is 1.67. The summed E-state index contributed by atoms with van der Waals surface area (Å²) in [6.07, 6.45) is 1.83. The number of nitrogens with zero attached hydrogens (tertiary/aromatic N) is 3. The average molecular weight is 305 g/mol. The molecule has 0 aliphatic carbocycles. The van der Waals surface area contributed by atoms with Gasteiger partial charge in [0.1, 0.15) is 5.01 Å². The molecule has 112 valence electrons. The molecule has 1 fully saturated rings. The minimum Gasteiger partial charge on any atom is -0.394 e. The van der Waals surface area contributed by atoms with Crippen LogP contribution in [0.4, 0.5) is 0 Å². The maximum Gasteiger partial charge on any atom is 0.142 e. The van der Waals surface area contributed by atoms with Crippen molar-refractivity contribution in [1.82, 2.24) is 14.9 Å². The van der Waals surface area contributed by atoms with Crippen molar-refractivity contribution < 1.29 is 9.84 Å². The van der Waals surface area contributed by atoms with Crippen LogP contribution in [0.2, 0.25) is 0 Å². The quantitative estimate of drug-likeness (QED) is 0.933. The fourth-order valence-corrected chi connectivity index (χ4v) is 3.37. The SMILES string of the molecule is CC1CN(Cc2csc(-c3ccccn3)n2)CC(CO)O1. The molecule has 0 aromatic carbocycles. The van der Waals surface area contributed by atoms with Gasteiger partial charge < -0.3 is 9.84 Å². The molecule has 0 spiro atoms. The lowest BCUT2D eigenvalue weighted by Crippen LogP contribution is -2.47. The first-order chi connectivity index (χ1) is 10.2. The molecular weight excluding hydrogens is 286 g/mol. The second-order valence-corrected chi connectivity index (χ2v) is 6.16. The highest BCUT2D eigenvalue weighted by molar-refractivity contribution is 7.13. The largest absolute Gasteiger partial charge is 0.394 e. The molecule has 5 nitrogen and oxygen atoms in total. The van der Waals surface area contributed by atoms with E-state index in [1.165, 1.54) is 0 Å². The van der Waals surface area contributed by atoms with Crippen molar-refractivity contribution in [3.05, 3.63) is 35.5 Å². The lowest BCUT2D eigenvalue weighted by atomic mass is 10.2. The van der Waals surface area contributed by atoms with Crippen molar-refractivity contribution >= 4 is 11.3 Å². The molecule has 1 aliphatic rings. The summed E-state index contributed by atoms with van der Waals surface area (Å²) in [6.45, 7) is 4.50. The maximum atomic E-state index is 9.27. The monoisotopic (exact) mass is 305 g/mol. The first-order valence-corrected chi connectivity index (χ1v) is 7.97. The van der Waals surface area contributed by atoms with Gasteiger partial charge in [-0.3, -0.25) is 9.88 Å². The fraction of sp³-hybridized carbons (Fsp3) is 0.467. The smallest absolute Gasteiger partial charge is 0.142 e. The van der Waals surface area contributed by atoms with Crippen molar-refractivity contribution in [2.45, 2.75) is 25.7 Å². The van der Waals surface area contributed by atoms with E-state index >= 15 is 0 Å². The number of thiazole rings is 1. The maximum absolute atomic E-state index is 9.27. The second kappa shape index (κ2) is 6.62. The van der Waals surface area contributed by atoms with E-state index in [1.807, 2.05) is 25.1 Å². The topological polar surface area (TPSA) is 58.5 Å². The molecular formula is C15H19N3O2S. The van der Waals surface area contributed by atoms with Gasteiger partial charge in [-0.05, 0) is 19.1 Å². The van der Waals surface area contributed by atoms with Crippen LogP contribution in [-0.2, 0) is 11.3 Å². The van der Waals surface area contributed by atoms with Gasteiger partial charge in [0.2, 0.25) is 0 Å². The highest BCUT2D eigenvalue weighted by Crippen LogP contribution is 2.23. The fourth-order valence-electron chi connectivity index (χ4n) is 2.59. The number of hydrogen-bond acceptors (Lipinski definition) is 6. The van der Waals surface area contributed by atoms with E-state index in [-0.39, 0.29) is 18.8 Å². The Labute approximate surface area is 128 Å². The number of rotatable bonds is 4. The van der Waals surface area contributed by atoms with Gasteiger partial charge in [-0.25, -0.2) is 4.98 Å². The number of aliphatic hydroxyl groups is 1. The zero-order valence-corrected chi connectivity index (χ0v) is 12.8. The van der Waals surface area contributed by atoms with Gasteiger partial charge in [0.05, 0.1) is 30.2 Å². The third-order valence-corrected chi connectivity index (χ3v) is 4.34. The third kappa shape index (κ3) is 3.65. The van der Waals surface area contributed by atoms with Crippen LogP contribution in [0.25, 0.3) is 10.7 Å². The van der Waals surface area contributed by atoms with E-state index in [0.29, 0.717) is 0 Å². The molecule has 0 bridgehead atoms. The van der Waals surface area contributed by atoms with Crippen LogP contribution in [0.1, 0.15) is 12.6 Å². The molecule has 3 rings (SSSR count). The normalized spacial score (nSPS) is 23.3. The van der Waals surface area contributed by atoms with Crippen molar-refractivity contribution in [2.75, 3.05) is 19.7 Å². The van der Waals surface area contributed by atoms with Gasteiger partial charge in [0.25, 0.3) is 0 Å². The molecule has 1 aliphatic heterocycles. The highest BCUT2D eigenvalue weighted by atomic mass is 32.1. The van der Waals surface area contributed by atoms with Crippen LogP contribution >= 0.6 is 11.3 Å². The van der Waals surface area contributed by atoms with Crippen LogP contribution in [0.15, 0.2) is 29.8 Å². The molecule has 0 radical (unpaired) electrons. The number of pyridine rings is 1. The van der Waals surface area contributed by atoms with Crippen LogP contribution in [0.3, 0.4) is 0 Å². The second-order valence-electron chi connectivity index (χ2n) is 5.30. The Morgan fingerprint density at radius 1 is 1.43 bits per heavy atom. The lowest BCUT2D eigenvalue weighted by Gasteiger charge is -2.35. The summed E-state index contributed by atoms with van der Waals surface area (Å²) in [5.41, 5.74) is 1.96. The molecule has 2 unspecified atom stereocenters. The first kappa shape index (κ1) is 14.6. The standard InChI is InChI=1S/C15H19N3O2S/c1-11-6-18(8-13(9-19)20-11)7-12-10-21-15(17-12)14-4-2-3-5-16-14/h2-5,10-11,13,19H,6-9H2,1H3. The number of aliphatic hydroxyl groups excluding tert-OH is 1. The predicted octanol–water partition coefficient (Wildman–Crippen LogP) is 1.79. The van der Waals surface area contributed by atoms with Crippen LogP contribution in [-0.4, -0.2) is 51.9 Å². The van der Waals surface area contributed by atoms with Crippen molar-refractivity contribution in [3.63, 3.8) is 0 Å². The van der Waals surface area contributed by atoms with Gasteiger partial charge in [0.15, 0.2) is 0 Å². The first-order valence-electron chi connectivity index (χ1n) is 7.09. The molecule has 1 saturated heterocycles. The summed E-state index contributed by atoms with van der Waals surface area (Å²) >= 11 is 1.62. The lowest BCUT2D eigenvalue weighted by molar-refractivity contribution is -0.0974. The van der Waals surface area contributed by atoms with Crippen molar-refractivity contribution in [1.29, 1.82) is 0 Å². The summed E-state index contributed by atoms with van der Waals surface area (Å²) in [5.74, 6) is 0. The Hall–Kier alpha value is -1.34. The number of hydrogen-bond donors (Lipinski definition) is 1. The molecule has 2 aromatic rings. The van der Waals surface area contributed by atoms with E-state index < -0.39 is 0 Å². The molecule has 1 N–H and O–H groups in total. The predicted molar refractivity (Wildman–Crippen MR) is 82.0 cm³/mol. The van der Waals surface area contributed by atoms with Crippen LogP contribution in [0, 0.1) is 0 Å². The van der Waals surface area contributed by atoms with Crippen LogP contribution < -0.4 is 0 Å². The molecule has 2 atom stereocenters. The summed E-state index contributed by atoms with van der Waals surface area (Å²) in [6, 6.07) is 5.85. The molecule has 0 amide bonds. The van der Waals surface area contributed by atoms with Gasteiger partial charge >= 0.3 is 0 Å². The Morgan fingerprint density at radius 2 is 2.33 bits per heavy atom. The zero-order chi connectivity index (χ0) is 14.7. The molecule has 6 heteroatoms. The number of ether oxygens (including phenoxy) is 1. The minimum atomic E-state index is -0.0948. The molecule has 2 aromatic heterocycles. The van der Waals surface area contributed by atoms with E-state index in [0.717, 1.165) is 36.0 Å². The van der Waals surface area contributed by atoms with E-state index in [2.05, 4.69) is 20.2 Å². The minimum absolute atomic E-state index is 0.0666. The van der Waals surface area contributed by atoms with Crippen molar-refractivity contribution in [3.8, 4) is 10.7 Å². The Bertz CT molecular complexity index is 575. The zero-order valence-electron chi connectivity index (χ0n) is 12.0. The van der Waals surface area contributed by atoms with Gasteiger partial charge in [-0.15, -0.1) is 11.3 Å². The van der Waals surface area contributed by atoms with E-state index in [1.54, 1.807) is 17.5 Å². The van der Waals surface area contributed by atoms with Crippen molar-refractivity contribution in [2.24, 2.45) is 0 Å². The number of morpholine rings is 1.